The molecule has 0 bridgehead atoms. The van der Waals surface area contributed by atoms with Crippen molar-refractivity contribution in [2.75, 3.05) is 13.1 Å². The molecule has 29 heavy (non-hydrogen) atoms. The Balaban J connectivity index is 1.40. The third-order valence-electron chi connectivity index (χ3n) is 6.31. The summed E-state index contributed by atoms with van der Waals surface area (Å²) in [7, 11) is 1.72. The van der Waals surface area contributed by atoms with Gasteiger partial charge >= 0.3 is 11.9 Å². The lowest BCUT2D eigenvalue weighted by molar-refractivity contribution is -0.137. The molecule has 2 aliphatic rings. The predicted octanol–water partition coefficient (Wildman–Crippen LogP) is 4.10. The maximum atomic E-state index is 12.7. The van der Waals surface area contributed by atoms with Crippen LogP contribution in [0.25, 0.3) is 0 Å². The van der Waals surface area contributed by atoms with Crippen molar-refractivity contribution in [2.24, 2.45) is 7.05 Å². The second-order valence-corrected chi connectivity index (χ2v) is 8.32. The fourth-order valence-electron chi connectivity index (χ4n) is 4.69. The topological polar surface area (TPSA) is 43.1 Å². The van der Waals surface area contributed by atoms with Crippen LogP contribution >= 0.6 is 0 Å². The van der Waals surface area contributed by atoms with E-state index in [0.717, 1.165) is 75.1 Å². The van der Waals surface area contributed by atoms with E-state index in [1.54, 1.807) is 19.2 Å². The van der Waals surface area contributed by atoms with Gasteiger partial charge in [-0.15, -0.1) is 0 Å². The third kappa shape index (κ3) is 4.27. The molecule has 2 aromatic rings. The van der Waals surface area contributed by atoms with Gasteiger partial charge in [0.2, 0.25) is 0 Å². The van der Waals surface area contributed by atoms with Crippen molar-refractivity contribution in [1.82, 2.24) is 19.2 Å². The van der Waals surface area contributed by atoms with Crippen LogP contribution < -0.4 is 5.69 Å². The number of benzene rings is 1. The number of hydrogen-bond donors (Lipinski definition) is 0. The lowest BCUT2D eigenvalue weighted by atomic mass is 9.95. The van der Waals surface area contributed by atoms with Crippen LogP contribution in [0.15, 0.2) is 29.1 Å². The van der Waals surface area contributed by atoms with E-state index >= 15 is 0 Å². The van der Waals surface area contributed by atoms with E-state index in [0.29, 0.717) is 6.54 Å². The lowest BCUT2D eigenvalue weighted by Crippen LogP contribution is -2.34. The quantitative estimate of drug-likeness (QED) is 0.765. The first-order chi connectivity index (χ1) is 13.8. The Morgan fingerprint density at radius 3 is 2.24 bits per heavy atom. The summed E-state index contributed by atoms with van der Waals surface area (Å²) >= 11 is 0. The van der Waals surface area contributed by atoms with Crippen LogP contribution in [0.3, 0.4) is 0 Å². The SMILES string of the molecule is Cn1nc(C2CCN(Cc3ccc(C(F)(F)F)cc3)CC2)n(C2CCCC2)c1=O. The van der Waals surface area contributed by atoms with Crippen molar-refractivity contribution in [3.63, 3.8) is 0 Å². The second-order valence-electron chi connectivity index (χ2n) is 8.32. The zero-order valence-corrected chi connectivity index (χ0v) is 16.7. The Morgan fingerprint density at radius 2 is 1.66 bits per heavy atom. The fraction of sp³-hybridized carbons (Fsp3) is 0.619. The lowest BCUT2D eigenvalue weighted by Gasteiger charge is -2.32. The Kier molecular flexibility index (Phi) is 5.55. The summed E-state index contributed by atoms with van der Waals surface area (Å²) in [6.45, 7) is 2.34. The predicted molar refractivity (Wildman–Crippen MR) is 104 cm³/mol. The Bertz CT molecular complexity index is 886. The van der Waals surface area contributed by atoms with Gasteiger partial charge in [-0.05, 0) is 56.5 Å². The van der Waals surface area contributed by atoms with Gasteiger partial charge in [-0.3, -0.25) is 9.47 Å². The Hall–Kier alpha value is -2.09. The van der Waals surface area contributed by atoms with Crippen molar-refractivity contribution in [3.05, 3.63) is 51.7 Å². The number of halogens is 3. The summed E-state index contributed by atoms with van der Waals surface area (Å²) in [4.78, 5) is 14.9. The van der Waals surface area contributed by atoms with Crippen molar-refractivity contribution in [2.45, 2.75) is 63.2 Å². The van der Waals surface area contributed by atoms with Gasteiger partial charge in [-0.2, -0.15) is 18.3 Å². The smallest absolute Gasteiger partial charge is 0.299 e. The molecule has 5 nitrogen and oxygen atoms in total. The number of nitrogens with zero attached hydrogens (tertiary/aromatic N) is 4. The Morgan fingerprint density at radius 1 is 1.03 bits per heavy atom. The third-order valence-corrected chi connectivity index (χ3v) is 6.31. The van der Waals surface area contributed by atoms with Crippen LogP contribution in [0, 0.1) is 0 Å². The minimum absolute atomic E-state index is 0.0147. The molecule has 0 unspecified atom stereocenters. The molecule has 1 aliphatic carbocycles. The number of piperidine rings is 1. The summed E-state index contributed by atoms with van der Waals surface area (Å²) in [5.74, 6) is 1.17. The van der Waals surface area contributed by atoms with Gasteiger partial charge in [0.05, 0.1) is 5.56 Å². The average Bonchev–Trinajstić information content (AvgIpc) is 3.31. The minimum atomic E-state index is -4.30. The number of hydrogen-bond acceptors (Lipinski definition) is 3. The van der Waals surface area contributed by atoms with E-state index in [1.165, 1.54) is 4.68 Å². The molecular weight excluding hydrogens is 381 g/mol. The molecule has 1 aliphatic heterocycles. The van der Waals surface area contributed by atoms with Crippen LogP contribution in [0.1, 0.15) is 67.4 Å². The van der Waals surface area contributed by atoms with Crippen molar-refractivity contribution < 1.29 is 13.2 Å². The number of rotatable bonds is 4. The first-order valence-corrected chi connectivity index (χ1v) is 10.4. The largest absolute Gasteiger partial charge is 0.416 e. The number of likely N-dealkylation sites (tertiary alicyclic amines) is 1. The van der Waals surface area contributed by atoms with Crippen LogP contribution in [0.4, 0.5) is 13.2 Å². The normalized spacial score (nSPS) is 19.9. The summed E-state index contributed by atoms with van der Waals surface area (Å²) in [6, 6.07) is 5.69. The van der Waals surface area contributed by atoms with Crippen molar-refractivity contribution in [1.29, 1.82) is 0 Å². The molecule has 0 radical (unpaired) electrons. The van der Waals surface area contributed by atoms with Gasteiger partial charge in [0.15, 0.2) is 0 Å². The second kappa shape index (κ2) is 7.97. The van der Waals surface area contributed by atoms with E-state index in [1.807, 2.05) is 4.57 Å². The molecule has 2 heterocycles. The van der Waals surface area contributed by atoms with Crippen LogP contribution in [0.5, 0.6) is 0 Å². The molecule has 4 rings (SSSR count). The zero-order valence-electron chi connectivity index (χ0n) is 16.7. The average molecular weight is 408 g/mol. The van der Waals surface area contributed by atoms with Crippen molar-refractivity contribution in [3.8, 4) is 0 Å². The molecule has 158 valence electrons. The van der Waals surface area contributed by atoms with E-state index in [9.17, 15) is 18.0 Å². The Labute approximate surface area is 168 Å². The monoisotopic (exact) mass is 408 g/mol. The van der Waals surface area contributed by atoms with Gasteiger partial charge < -0.3 is 0 Å². The number of alkyl halides is 3. The highest BCUT2D eigenvalue weighted by atomic mass is 19.4. The first kappa shape index (κ1) is 20.2. The van der Waals surface area contributed by atoms with E-state index in [2.05, 4.69) is 10.00 Å². The molecule has 1 aromatic heterocycles. The first-order valence-electron chi connectivity index (χ1n) is 10.4. The molecule has 0 N–H and O–H groups in total. The van der Waals surface area contributed by atoms with Gasteiger partial charge in [0.1, 0.15) is 5.82 Å². The maximum absolute atomic E-state index is 12.7. The van der Waals surface area contributed by atoms with Gasteiger partial charge in [0, 0.05) is 25.6 Å². The van der Waals surface area contributed by atoms with E-state index in [4.69, 9.17) is 0 Å². The molecule has 2 fully saturated rings. The van der Waals surface area contributed by atoms with Crippen LogP contribution in [-0.4, -0.2) is 32.3 Å². The molecule has 0 amide bonds. The molecule has 8 heteroatoms. The molecule has 0 spiro atoms. The maximum Gasteiger partial charge on any atom is 0.416 e. The highest BCUT2D eigenvalue weighted by Gasteiger charge is 2.31. The minimum Gasteiger partial charge on any atom is -0.299 e. The van der Waals surface area contributed by atoms with Gasteiger partial charge in [-0.1, -0.05) is 25.0 Å². The molecule has 0 atom stereocenters. The molecular formula is C21H27F3N4O. The highest BCUT2D eigenvalue weighted by molar-refractivity contribution is 5.24. The molecule has 1 aromatic carbocycles. The van der Waals surface area contributed by atoms with Gasteiger partial charge in [-0.25, -0.2) is 9.48 Å². The number of aromatic nitrogens is 3. The summed E-state index contributed by atoms with van der Waals surface area (Å²) < 4.78 is 41.5. The van der Waals surface area contributed by atoms with Crippen LogP contribution in [-0.2, 0) is 19.8 Å². The standard InChI is InChI=1S/C21H27F3N4O/c1-26-20(29)28(18-4-2-3-5-18)19(25-26)16-10-12-27(13-11-16)14-15-6-8-17(9-7-15)21(22,23)24/h6-9,16,18H,2-5,10-14H2,1H3. The summed E-state index contributed by atoms with van der Waals surface area (Å²) in [5.41, 5.74) is 0.260. The van der Waals surface area contributed by atoms with Crippen molar-refractivity contribution >= 4 is 0 Å². The van der Waals surface area contributed by atoms with Crippen LogP contribution in [0.2, 0.25) is 0 Å². The molecule has 1 saturated carbocycles. The van der Waals surface area contributed by atoms with Gasteiger partial charge in [0.25, 0.3) is 0 Å². The summed E-state index contributed by atoms with van der Waals surface area (Å²) in [6.07, 6.45) is 1.94. The highest BCUT2D eigenvalue weighted by Crippen LogP contribution is 2.34. The fourth-order valence-corrected chi connectivity index (χ4v) is 4.69. The number of aryl methyl sites for hydroxylation is 1. The van der Waals surface area contributed by atoms with E-state index in [-0.39, 0.29) is 17.6 Å². The zero-order chi connectivity index (χ0) is 20.6. The van der Waals surface area contributed by atoms with E-state index < -0.39 is 11.7 Å². The molecule has 1 saturated heterocycles. The summed E-state index contributed by atoms with van der Waals surface area (Å²) in [5, 5.41) is 4.56.